The van der Waals surface area contributed by atoms with Crippen LogP contribution in [0.1, 0.15) is 24.5 Å². The first kappa shape index (κ1) is 22.2. The van der Waals surface area contributed by atoms with Gasteiger partial charge >= 0.3 is 0 Å². The summed E-state index contributed by atoms with van der Waals surface area (Å²) < 4.78 is 5.17. The molecule has 3 rings (SSSR count). The van der Waals surface area contributed by atoms with Crippen molar-refractivity contribution in [3.8, 4) is 5.75 Å². The monoisotopic (exact) mass is 445 g/mol. The number of amides is 2. The lowest BCUT2D eigenvalue weighted by molar-refractivity contribution is -0.129. The fraction of sp³-hybridized carbons (Fsp3) is 0.318. The molecule has 1 atom stereocenters. The van der Waals surface area contributed by atoms with Crippen molar-refractivity contribution in [3.05, 3.63) is 52.5 Å². The van der Waals surface area contributed by atoms with Crippen molar-refractivity contribution in [3.63, 3.8) is 0 Å². The average molecular weight is 446 g/mol. The van der Waals surface area contributed by atoms with Gasteiger partial charge in [-0.2, -0.15) is 0 Å². The van der Waals surface area contributed by atoms with Gasteiger partial charge in [0.1, 0.15) is 11.0 Å². The first-order chi connectivity index (χ1) is 14.3. The number of aryl methyl sites for hydroxylation is 2. The molecule has 30 heavy (non-hydrogen) atoms. The minimum Gasteiger partial charge on any atom is -0.495 e. The van der Waals surface area contributed by atoms with Crippen LogP contribution in [0.5, 0.6) is 5.75 Å². The van der Waals surface area contributed by atoms with Crippen molar-refractivity contribution < 1.29 is 14.3 Å². The second-order valence-corrected chi connectivity index (χ2v) is 8.55. The molecule has 1 aliphatic heterocycles. The van der Waals surface area contributed by atoms with E-state index in [0.29, 0.717) is 28.2 Å². The van der Waals surface area contributed by atoms with Crippen LogP contribution in [-0.4, -0.2) is 40.8 Å². The lowest BCUT2D eigenvalue weighted by atomic mass is 10.1. The van der Waals surface area contributed by atoms with E-state index in [-0.39, 0.29) is 18.2 Å². The van der Waals surface area contributed by atoms with Crippen LogP contribution in [0.4, 0.5) is 11.4 Å². The zero-order valence-electron chi connectivity index (χ0n) is 17.4. The smallest absolute Gasteiger partial charge is 0.238 e. The zero-order chi connectivity index (χ0) is 21.8. The molecule has 2 aromatic rings. The molecule has 0 saturated carbocycles. The minimum absolute atomic E-state index is 0.123. The van der Waals surface area contributed by atoms with E-state index >= 15 is 0 Å². The molecular formula is C22H24ClN3O3S. The number of nitrogens with zero attached hydrogens (tertiary/aromatic N) is 2. The van der Waals surface area contributed by atoms with Crippen LogP contribution >= 0.6 is 23.4 Å². The van der Waals surface area contributed by atoms with Gasteiger partial charge in [0.05, 0.1) is 17.8 Å². The Labute approximate surface area is 185 Å². The van der Waals surface area contributed by atoms with Gasteiger partial charge in [0.25, 0.3) is 0 Å². The summed E-state index contributed by atoms with van der Waals surface area (Å²) in [6.07, 6.45) is 0.123. The van der Waals surface area contributed by atoms with Gasteiger partial charge in [-0.25, -0.2) is 4.99 Å². The number of carbonyl (C=O) groups excluding carboxylic acids is 2. The number of anilines is 1. The summed E-state index contributed by atoms with van der Waals surface area (Å²) in [5.74, 6) is 0.206. The van der Waals surface area contributed by atoms with Crippen LogP contribution in [0.15, 0.2) is 41.4 Å². The van der Waals surface area contributed by atoms with Gasteiger partial charge < -0.3 is 10.1 Å². The summed E-state index contributed by atoms with van der Waals surface area (Å²) >= 11 is 7.48. The van der Waals surface area contributed by atoms with Gasteiger partial charge in [-0.15, -0.1) is 0 Å². The van der Waals surface area contributed by atoms with Crippen molar-refractivity contribution in [2.45, 2.75) is 32.4 Å². The normalized spacial score (nSPS) is 17.9. The molecular weight excluding hydrogens is 422 g/mol. The van der Waals surface area contributed by atoms with Crippen LogP contribution < -0.4 is 10.1 Å². The van der Waals surface area contributed by atoms with Gasteiger partial charge in [-0.3, -0.25) is 14.5 Å². The first-order valence-corrected chi connectivity index (χ1v) is 10.9. The van der Waals surface area contributed by atoms with Crippen LogP contribution in [0, 0.1) is 13.8 Å². The van der Waals surface area contributed by atoms with Gasteiger partial charge in [0.15, 0.2) is 5.17 Å². The summed E-state index contributed by atoms with van der Waals surface area (Å²) in [6.45, 7) is 6.30. The number of rotatable bonds is 5. The highest BCUT2D eigenvalue weighted by Gasteiger charge is 2.35. The standard InChI is InChI=1S/C22H24ClN3O3S/c1-5-26-20(27)12-19(21(28)25-17-8-6-13(2)10-14(17)3)30-22(26)24-15-7-9-18(29-4)16(23)11-15/h6-11,19H,5,12H2,1-4H3,(H,25,28). The topological polar surface area (TPSA) is 71.0 Å². The van der Waals surface area contributed by atoms with Gasteiger partial charge in [0, 0.05) is 18.7 Å². The summed E-state index contributed by atoms with van der Waals surface area (Å²) in [4.78, 5) is 31.7. The summed E-state index contributed by atoms with van der Waals surface area (Å²) in [5.41, 5.74) is 3.44. The van der Waals surface area contributed by atoms with Gasteiger partial charge in [-0.1, -0.05) is 41.1 Å². The summed E-state index contributed by atoms with van der Waals surface area (Å²) in [6, 6.07) is 11.0. The lowest BCUT2D eigenvalue weighted by Crippen LogP contribution is -2.45. The predicted octanol–water partition coefficient (Wildman–Crippen LogP) is 4.95. The second kappa shape index (κ2) is 9.53. The summed E-state index contributed by atoms with van der Waals surface area (Å²) in [7, 11) is 1.54. The Bertz CT molecular complexity index is 1010. The Morgan fingerprint density at radius 1 is 1.30 bits per heavy atom. The van der Waals surface area contributed by atoms with Gasteiger partial charge in [-0.05, 0) is 50.6 Å². The van der Waals surface area contributed by atoms with Crippen molar-refractivity contribution in [2.75, 3.05) is 19.0 Å². The van der Waals surface area contributed by atoms with E-state index in [1.807, 2.05) is 39.0 Å². The molecule has 8 heteroatoms. The van der Waals surface area contributed by atoms with Crippen molar-refractivity contribution in [1.29, 1.82) is 0 Å². The number of hydrogen-bond acceptors (Lipinski definition) is 5. The van der Waals surface area contributed by atoms with Crippen LogP contribution in [0.25, 0.3) is 0 Å². The Kier molecular flexibility index (Phi) is 7.05. The number of aliphatic imine (C=N–C) groups is 1. The van der Waals surface area contributed by atoms with E-state index in [1.54, 1.807) is 30.2 Å². The summed E-state index contributed by atoms with van der Waals surface area (Å²) in [5, 5.41) is 3.30. The number of methoxy groups -OCH3 is 1. The minimum atomic E-state index is -0.562. The SMILES string of the molecule is CCN1C(=O)CC(C(=O)Nc2ccc(C)cc2C)SC1=Nc1ccc(OC)c(Cl)c1. The molecule has 2 aromatic carbocycles. The fourth-order valence-corrected chi connectivity index (χ4v) is 4.57. The van der Waals surface area contributed by atoms with Crippen LogP contribution in [0.3, 0.4) is 0 Å². The lowest BCUT2D eigenvalue weighted by Gasteiger charge is -2.31. The molecule has 0 bridgehead atoms. The maximum atomic E-state index is 12.9. The highest BCUT2D eigenvalue weighted by molar-refractivity contribution is 8.15. The van der Waals surface area contributed by atoms with E-state index in [9.17, 15) is 9.59 Å². The van der Waals surface area contributed by atoms with Crippen molar-refractivity contribution in [2.24, 2.45) is 4.99 Å². The molecule has 2 amide bonds. The molecule has 0 aromatic heterocycles. The molecule has 1 heterocycles. The highest BCUT2D eigenvalue weighted by atomic mass is 35.5. The number of amidine groups is 1. The number of thioether (sulfide) groups is 1. The first-order valence-electron chi connectivity index (χ1n) is 9.59. The second-order valence-electron chi connectivity index (χ2n) is 6.97. The van der Waals surface area contributed by atoms with Crippen molar-refractivity contribution >= 4 is 51.7 Å². The van der Waals surface area contributed by atoms with E-state index < -0.39 is 5.25 Å². The third-order valence-electron chi connectivity index (χ3n) is 4.75. The number of hydrogen-bond donors (Lipinski definition) is 1. The third-order valence-corrected chi connectivity index (χ3v) is 6.23. The Morgan fingerprint density at radius 3 is 2.70 bits per heavy atom. The molecule has 1 saturated heterocycles. The molecule has 0 radical (unpaired) electrons. The molecule has 1 N–H and O–H groups in total. The Balaban J connectivity index is 1.84. The molecule has 158 valence electrons. The Hall–Kier alpha value is -2.51. The molecule has 0 aliphatic carbocycles. The van der Waals surface area contributed by atoms with E-state index in [0.717, 1.165) is 16.8 Å². The quantitative estimate of drug-likeness (QED) is 0.707. The number of benzene rings is 2. The predicted molar refractivity (Wildman–Crippen MR) is 123 cm³/mol. The largest absolute Gasteiger partial charge is 0.495 e. The van der Waals surface area contributed by atoms with E-state index in [2.05, 4.69) is 10.3 Å². The van der Waals surface area contributed by atoms with Crippen LogP contribution in [0.2, 0.25) is 5.02 Å². The molecule has 1 unspecified atom stereocenters. The van der Waals surface area contributed by atoms with Gasteiger partial charge in [0.2, 0.25) is 11.8 Å². The number of halogens is 1. The van der Waals surface area contributed by atoms with E-state index in [4.69, 9.17) is 16.3 Å². The maximum Gasteiger partial charge on any atom is 0.238 e. The number of ether oxygens (including phenoxy) is 1. The number of nitrogens with one attached hydrogen (secondary N) is 1. The molecule has 1 fully saturated rings. The van der Waals surface area contributed by atoms with Crippen LogP contribution in [-0.2, 0) is 9.59 Å². The Morgan fingerprint density at radius 2 is 2.07 bits per heavy atom. The molecule has 0 spiro atoms. The molecule has 6 nitrogen and oxygen atoms in total. The average Bonchev–Trinajstić information content (AvgIpc) is 2.70. The fourth-order valence-electron chi connectivity index (χ4n) is 3.15. The van der Waals surface area contributed by atoms with Crippen molar-refractivity contribution in [1.82, 2.24) is 4.90 Å². The highest BCUT2D eigenvalue weighted by Crippen LogP contribution is 2.33. The zero-order valence-corrected chi connectivity index (χ0v) is 18.9. The maximum absolute atomic E-state index is 12.9. The third kappa shape index (κ3) is 4.96. The molecule has 1 aliphatic rings. The number of carbonyl (C=O) groups is 2. The van der Waals surface area contributed by atoms with E-state index in [1.165, 1.54) is 11.8 Å².